The van der Waals surface area contributed by atoms with Crippen molar-refractivity contribution in [3.05, 3.63) is 54.6 Å². The lowest BCUT2D eigenvalue weighted by Gasteiger charge is -2.13. The van der Waals surface area contributed by atoms with Crippen LogP contribution in [0.25, 0.3) is 0 Å². The van der Waals surface area contributed by atoms with Crippen LogP contribution in [-0.4, -0.2) is 18.6 Å². The van der Waals surface area contributed by atoms with E-state index in [0.29, 0.717) is 0 Å². The van der Waals surface area contributed by atoms with Gasteiger partial charge in [0.05, 0.1) is 12.6 Å². The van der Waals surface area contributed by atoms with E-state index in [1.807, 2.05) is 61.5 Å². The van der Waals surface area contributed by atoms with Crippen LogP contribution in [0, 0.1) is 0 Å². The number of carbonyl (C=O) groups is 1. The Labute approximate surface area is 131 Å². The molecule has 0 saturated carbocycles. The summed E-state index contributed by atoms with van der Waals surface area (Å²) in [5.41, 5.74) is 1.69. The van der Waals surface area contributed by atoms with E-state index in [9.17, 15) is 4.79 Å². The molecule has 4 heteroatoms. The van der Waals surface area contributed by atoms with Crippen LogP contribution in [0.3, 0.4) is 0 Å². The first-order chi connectivity index (χ1) is 10.7. The van der Waals surface area contributed by atoms with E-state index in [0.717, 1.165) is 23.5 Å². The molecule has 1 unspecified atom stereocenters. The highest BCUT2D eigenvalue weighted by molar-refractivity contribution is 5.93. The van der Waals surface area contributed by atoms with Gasteiger partial charge in [0.15, 0.2) is 0 Å². The molecule has 0 spiro atoms. The van der Waals surface area contributed by atoms with Crippen LogP contribution in [-0.2, 0) is 4.79 Å². The van der Waals surface area contributed by atoms with Crippen LogP contribution in [0.1, 0.15) is 20.3 Å². The van der Waals surface area contributed by atoms with Crippen molar-refractivity contribution in [3.8, 4) is 5.75 Å². The Hall–Kier alpha value is -2.49. The molecule has 2 aromatic carbocycles. The van der Waals surface area contributed by atoms with E-state index in [4.69, 9.17) is 4.74 Å². The van der Waals surface area contributed by atoms with Crippen LogP contribution in [0.4, 0.5) is 11.4 Å². The molecular formula is C18H22N2O2. The third kappa shape index (κ3) is 5.13. The molecule has 0 bridgehead atoms. The molecule has 2 aromatic rings. The van der Waals surface area contributed by atoms with E-state index < -0.39 is 0 Å². The van der Waals surface area contributed by atoms with Gasteiger partial charge in [0, 0.05) is 11.4 Å². The lowest BCUT2D eigenvalue weighted by atomic mass is 10.2. The number of para-hydroxylation sites is 1. The van der Waals surface area contributed by atoms with Gasteiger partial charge in [-0.25, -0.2) is 0 Å². The first kappa shape index (κ1) is 15.9. The fraction of sp³-hybridized carbons (Fsp3) is 0.278. The van der Waals surface area contributed by atoms with Crippen LogP contribution in [0.2, 0.25) is 0 Å². The van der Waals surface area contributed by atoms with Crippen molar-refractivity contribution >= 4 is 17.3 Å². The Bertz CT molecular complexity index is 582. The van der Waals surface area contributed by atoms with E-state index >= 15 is 0 Å². The Kier molecular flexibility index (Phi) is 5.83. The molecule has 0 heterocycles. The molecule has 0 aliphatic carbocycles. The third-order valence-electron chi connectivity index (χ3n) is 3.28. The number of amides is 1. The third-order valence-corrected chi connectivity index (χ3v) is 3.28. The molecule has 0 saturated heterocycles. The molecule has 0 radical (unpaired) electrons. The number of benzene rings is 2. The molecule has 1 atom stereocenters. The zero-order chi connectivity index (χ0) is 15.8. The first-order valence-electron chi connectivity index (χ1n) is 7.53. The highest BCUT2D eigenvalue weighted by Crippen LogP contribution is 2.17. The SMILES string of the molecule is CCC(C)Oc1ccc(NCC(=O)Nc2ccccc2)cc1. The van der Waals surface area contributed by atoms with Crippen LogP contribution in [0.5, 0.6) is 5.75 Å². The minimum atomic E-state index is -0.0777. The van der Waals surface area contributed by atoms with Gasteiger partial charge >= 0.3 is 0 Å². The van der Waals surface area contributed by atoms with Gasteiger partial charge in [-0.3, -0.25) is 4.79 Å². The van der Waals surface area contributed by atoms with Crippen molar-refractivity contribution in [1.29, 1.82) is 0 Å². The van der Waals surface area contributed by atoms with Gasteiger partial charge in [-0.15, -0.1) is 0 Å². The van der Waals surface area contributed by atoms with Crippen molar-refractivity contribution in [2.45, 2.75) is 26.4 Å². The Morgan fingerprint density at radius 3 is 2.36 bits per heavy atom. The molecule has 0 aliphatic heterocycles. The monoisotopic (exact) mass is 298 g/mol. The Morgan fingerprint density at radius 1 is 1.05 bits per heavy atom. The second-order valence-corrected chi connectivity index (χ2v) is 5.13. The largest absolute Gasteiger partial charge is 0.491 e. The summed E-state index contributed by atoms with van der Waals surface area (Å²) in [5.74, 6) is 0.764. The predicted octanol–water partition coefficient (Wildman–Crippen LogP) is 3.91. The predicted molar refractivity (Wildman–Crippen MR) is 90.4 cm³/mol. The average molecular weight is 298 g/mol. The molecule has 0 aliphatic rings. The number of rotatable bonds is 7. The summed E-state index contributed by atoms with van der Waals surface area (Å²) in [6.45, 7) is 4.35. The summed E-state index contributed by atoms with van der Waals surface area (Å²) in [6.07, 6.45) is 1.18. The molecule has 0 fully saturated rings. The standard InChI is InChI=1S/C18H22N2O2/c1-3-14(2)22-17-11-9-15(10-12-17)19-13-18(21)20-16-7-5-4-6-8-16/h4-12,14,19H,3,13H2,1-2H3,(H,20,21). The summed E-state index contributed by atoms with van der Waals surface area (Å²) >= 11 is 0. The fourth-order valence-electron chi connectivity index (χ4n) is 1.88. The topological polar surface area (TPSA) is 50.4 Å². The van der Waals surface area contributed by atoms with Gasteiger partial charge < -0.3 is 15.4 Å². The second kappa shape index (κ2) is 8.08. The number of ether oxygens (including phenoxy) is 1. The van der Waals surface area contributed by atoms with Gasteiger partial charge in [-0.2, -0.15) is 0 Å². The van der Waals surface area contributed by atoms with Crippen molar-refractivity contribution in [3.63, 3.8) is 0 Å². The first-order valence-corrected chi connectivity index (χ1v) is 7.53. The molecule has 22 heavy (non-hydrogen) atoms. The minimum absolute atomic E-state index is 0.0777. The summed E-state index contributed by atoms with van der Waals surface area (Å²) in [7, 11) is 0. The maximum absolute atomic E-state index is 11.8. The van der Waals surface area contributed by atoms with E-state index in [1.165, 1.54) is 0 Å². The zero-order valence-electron chi connectivity index (χ0n) is 13.0. The van der Waals surface area contributed by atoms with Gasteiger partial charge in [-0.1, -0.05) is 25.1 Å². The quantitative estimate of drug-likeness (QED) is 0.814. The molecular weight excluding hydrogens is 276 g/mol. The number of nitrogens with one attached hydrogen (secondary N) is 2. The molecule has 116 valence electrons. The fourth-order valence-corrected chi connectivity index (χ4v) is 1.88. The maximum atomic E-state index is 11.8. The Balaban J connectivity index is 1.80. The van der Waals surface area contributed by atoms with E-state index in [1.54, 1.807) is 0 Å². The van der Waals surface area contributed by atoms with Gasteiger partial charge in [0.1, 0.15) is 5.75 Å². The van der Waals surface area contributed by atoms with E-state index in [-0.39, 0.29) is 18.6 Å². The van der Waals surface area contributed by atoms with Crippen LogP contribution >= 0.6 is 0 Å². The van der Waals surface area contributed by atoms with E-state index in [2.05, 4.69) is 17.6 Å². The molecule has 1 amide bonds. The molecule has 4 nitrogen and oxygen atoms in total. The van der Waals surface area contributed by atoms with Crippen LogP contribution in [0.15, 0.2) is 54.6 Å². The second-order valence-electron chi connectivity index (χ2n) is 5.13. The smallest absolute Gasteiger partial charge is 0.243 e. The summed E-state index contributed by atoms with van der Waals surface area (Å²) in [6, 6.07) is 17.0. The van der Waals surface area contributed by atoms with Gasteiger partial charge in [-0.05, 0) is 49.7 Å². The summed E-state index contributed by atoms with van der Waals surface area (Å²) in [5, 5.41) is 5.92. The van der Waals surface area contributed by atoms with Gasteiger partial charge in [0.2, 0.25) is 5.91 Å². The van der Waals surface area contributed by atoms with Crippen molar-refractivity contribution in [1.82, 2.24) is 0 Å². The lowest BCUT2D eigenvalue weighted by molar-refractivity contribution is -0.114. The summed E-state index contributed by atoms with van der Waals surface area (Å²) in [4.78, 5) is 11.8. The van der Waals surface area contributed by atoms with Crippen molar-refractivity contribution < 1.29 is 9.53 Å². The molecule has 0 aromatic heterocycles. The van der Waals surface area contributed by atoms with Crippen molar-refractivity contribution in [2.24, 2.45) is 0 Å². The minimum Gasteiger partial charge on any atom is -0.491 e. The number of anilines is 2. The van der Waals surface area contributed by atoms with Crippen molar-refractivity contribution in [2.75, 3.05) is 17.2 Å². The number of carbonyl (C=O) groups excluding carboxylic acids is 1. The van der Waals surface area contributed by atoms with Crippen LogP contribution < -0.4 is 15.4 Å². The highest BCUT2D eigenvalue weighted by Gasteiger charge is 2.03. The maximum Gasteiger partial charge on any atom is 0.243 e. The van der Waals surface area contributed by atoms with Gasteiger partial charge in [0.25, 0.3) is 0 Å². The average Bonchev–Trinajstić information content (AvgIpc) is 2.55. The Morgan fingerprint density at radius 2 is 1.73 bits per heavy atom. The molecule has 2 rings (SSSR count). The normalized spacial score (nSPS) is 11.5. The number of hydrogen-bond donors (Lipinski definition) is 2. The summed E-state index contributed by atoms with van der Waals surface area (Å²) < 4.78 is 5.72. The highest BCUT2D eigenvalue weighted by atomic mass is 16.5. The zero-order valence-corrected chi connectivity index (χ0v) is 13.0. The molecule has 2 N–H and O–H groups in total. The lowest BCUT2D eigenvalue weighted by Crippen LogP contribution is -2.21. The number of hydrogen-bond acceptors (Lipinski definition) is 3.